The van der Waals surface area contributed by atoms with Crippen molar-refractivity contribution in [3.63, 3.8) is 0 Å². The Hall–Kier alpha value is -9.49. The second-order valence-electron chi connectivity index (χ2n) is 25.9. The van der Waals surface area contributed by atoms with Gasteiger partial charge < -0.3 is 114 Å². The monoisotopic (exact) mass is 1410 g/mol. The fourth-order valence-corrected chi connectivity index (χ4v) is 9.49. The first-order chi connectivity index (χ1) is 46.1. The highest BCUT2D eigenvalue weighted by molar-refractivity contribution is 6.00. The molecule has 0 radical (unpaired) electrons. The van der Waals surface area contributed by atoms with E-state index in [1.807, 2.05) is 13.8 Å². The third kappa shape index (κ3) is 38.3. The average Bonchev–Trinajstić information content (AvgIpc) is 0.874. The van der Waals surface area contributed by atoms with Crippen molar-refractivity contribution in [3.05, 3.63) is 0 Å². The van der Waals surface area contributed by atoms with E-state index in [1.165, 1.54) is 20.8 Å². The third-order valence-corrected chi connectivity index (χ3v) is 14.7. The quantitative estimate of drug-likeness (QED) is 0.0153. The van der Waals surface area contributed by atoms with Crippen LogP contribution in [0.2, 0.25) is 0 Å². The number of rotatable bonds is 49. The number of carboxylic acids is 2. The topological polar surface area (TPSA) is 648 Å². The van der Waals surface area contributed by atoms with E-state index < -0.39 is 199 Å². The largest absolute Gasteiger partial charge is 0.481 e. The van der Waals surface area contributed by atoms with Crippen molar-refractivity contribution in [2.75, 3.05) is 32.7 Å². The Labute approximate surface area is 576 Å². The molecule has 0 rings (SSSR count). The number of guanidine groups is 2. The summed E-state index contributed by atoms with van der Waals surface area (Å²) in [7, 11) is 0. The van der Waals surface area contributed by atoms with Gasteiger partial charge in [-0.1, -0.05) is 69.2 Å². The number of carboxylic acid groups (broad SMARTS) is 2. The summed E-state index contributed by atoms with van der Waals surface area (Å²) < 4.78 is 0. The van der Waals surface area contributed by atoms with Gasteiger partial charge >= 0.3 is 11.9 Å². The Kier molecular flexibility index (Phi) is 42.2. The Morgan fingerprint density at radius 1 is 0.364 bits per heavy atom. The number of carbonyl (C=O) groups excluding carboxylic acids is 13. The number of hydrogen-bond acceptors (Lipinski definition) is 19. The molecule has 0 aliphatic rings. The number of nitrogens with one attached hydrogen (secondary N) is 12. The number of nitrogens with two attached hydrogens (primary N) is 7. The van der Waals surface area contributed by atoms with Crippen molar-refractivity contribution in [1.82, 2.24) is 63.8 Å². The minimum atomic E-state index is -1.94. The van der Waals surface area contributed by atoms with Gasteiger partial charge in [-0.3, -0.25) is 81.9 Å². The van der Waals surface area contributed by atoms with Crippen LogP contribution in [0.5, 0.6) is 0 Å². The third-order valence-electron chi connectivity index (χ3n) is 14.7. The van der Waals surface area contributed by atoms with Crippen LogP contribution in [0.3, 0.4) is 0 Å². The van der Waals surface area contributed by atoms with Crippen LogP contribution in [0, 0.1) is 29.6 Å². The first-order valence-corrected chi connectivity index (χ1v) is 33.0. The van der Waals surface area contributed by atoms with Gasteiger partial charge in [0, 0.05) is 13.1 Å². The zero-order valence-corrected chi connectivity index (χ0v) is 58.7. The second-order valence-corrected chi connectivity index (χ2v) is 25.9. The molecule has 0 aromatic heterocycles. The zero-order chi connectivity index (χ0) is 76.0. The lowest BCUT2D eigenvalue weighted by atomic mass is 9.99. The molecule has 0 heterocycles. The number of amides is 13. The van der Waals surface area contributed by atoms with Crippen LogP contribution in [0.15, 0.2) is 9.98 Å². The van der Waals surface area contributed by atoms with Gasteiger partial charge in [-0.25, -0.2) is 0 Å². The predicted octanol–water partition coefficient (Wildman–Crippen LogP) is -6.46. The Bertz CT molecular complexity index is 2790. The molecule has 562 valence electrons. The summed E-state index contributed by atoms with van der Waals surface area (Å²) >= 11 is 0. The highest BCUT2D eigenvalue weighted by atomic mass is 16.4. The fourth-order valence-electron chi connectivity index (χ4n) is 9.49. The molecule has 13 amide bonds. The molecule has 11 atom stereocenters. The lowest BCUT2D eigenvalue weighted by Crippen LogP contribution is -2.61. The fraction of sp³-hybridized carbons (Fsp3) is 0.721. The van der Waals surface area contributed by atoms with E-state index in [1.54, 1.807) is 41.5 Å². The van der Waals surface area contributed by atoms with E-state index in [-0.39, 0.29) is 88.3 Å². The van der Waals surface area contributed by atoms with Crippen molar-refractivity contribution >= 4 is 101 Å². The number of nitrogens with zero attached hydrogens (tertiary/aromatic N) is 2. The van der Waals surface area contributed by atoms with Gasteiger partial charge in [0.05, 0.1) is 32.0 Å². The summed E-state index contributed by atoms with van der Waals surface area (Å²) in [4.78, 5) is 208. The second kappa shape index (κ2) is 46.7. The van der Waals surface area contributed by atoms with Gasteiger partial charge in [-0.2, -0.15) is 0 Å². The molecule has 0 unspecified atom stereocenters. The summed E-state index contributed by atoms with van der Waals surface area (Å²) in [6.45, 7) is 17.1. The molecule has 38 heteroatoms. The molecule has 0 aliphatic heterocycles. The van der Waals surface area contributed by atoms with Gasteiger partial charge in [-0.05, 0) is 107 Å². The molecular formula is C61H111N21O17. The number of carbonyl (C=O) groups is 15. The van der Waals surface area contributed by atoms with E-state index in [9.17, 15) is 82.1 Å². The zero-order valence-electron chi connectivity index (χ0n) is 58.7. The first-order valence-electron chi connectivity index (χ1n) is 33.0. The summed E-state index contributed by atoms with van der Waals surface area (Å²) in [5.41, 5.74) is 38.7. The SMILES string of the molecule is CC(C)C[C@H](NC(=O)[C@H](CC(=O)O)NC(=O)[C@H](CC(C)C)NC(=O)[C@@H](NC(=O)[C@H](C)NC(=O)[C@H](CCCN=C(N)N)NC(=O)[C@H](CCCCN)NC(=O)CNC(=O)CNC(=O)[C@@H](N)CC(C)C)C(C)C)C(=O)N[C@@H](CC(=O)O)C(=O)N[C@H](C(=O)N[C@@H](CCCN=C(N)N)C(N)=O)C(C)C. The van der Waals surface area contributed by atoms with E-state index in [0.717, 1.165) is 0 Å². The highest BCUT2D eigenvalue weighted by Crippen LogP contribution is 2.14. The number of aliphatic carboxylic acids is 2. The summed E-state index contributed by atoms with van der Waals surface area (Å²) in [5, 5.41) is 49.1. The lowest BCUT2D eigenvalue weighted by Gasteiger charge is -2.29. The van der Waals surface area contributed by atoms with Crippen molar-refractivity contribution in [2.24, 2.45) is 79.7 Å². The molecule has 99 heavy (non-hydrogen) atoms. The standard InChI is InChI=1S/C61H111N21O17/c1-29(2)22-35(63)51(91)72-27-43(83)71-28-44(84)74-37(16-12-13-19-62)53(93)76-38(18-15-21-70-61(67)68)52(92)73-34(11)50(90)81-47(32(7)8)59(99)80-40(24-31(5)6)55(95)78-41(25-45(85)86)56(96)77-39(23-30(3)4)54(94)79-42(26-46(87)88)57(97)82-48(33(9)10)58(98)75-36(49(64)89)17-14-20-69-60(65)66/h29-42,47-48H,12-28,62-63H2,1-11H3,(H2,64,89)(H,71,83)(H,72,91)(H,73,92)(H,74,84)(H,75,98)(H,76,93)(H,77,96)(H,78,95)(H,79,94)(H,80,99)(H,81,90)(H,82,97)(H,85,86)(H,87,88)(H4,65,66,69)(H4,67,68,70)/t34-,35-,36-,37-,38-,39-,40-,41-,42-,47-,48-/m0/s1. The number of primary amides is 1. The molecule has 0 saturated carbocycles. The molecule has 0 spiro atoms. The van der Waals surface area contributed by atoms with Gasteiger partial charge in [-0.15, -0.1) is 0 Å². The summed E-state index contributed by atoms with van der Waals surface area (Å²) in [6.07, 6.45) is -1.02. The van der Waals surface area contributed by atoms with Crippen molar-refractivity contribution in [1.29, 1.82) is 0 Å². The van der Waals surface area contributed by atoms with Crippen LogP contribution < -0.4 is 104 Å². The van der Waals surface area contributed by atoms with Crippen LogP contribution in [0.1, 0.15) is 153 Å². The Morgan fingerprint density at radius 2 is 0.717 bits per heavy atom. The molecule has 38 nitrogen and oxygen atoms in total. The van der Waals surface area contributed by atoms with E-state index in [4.69, 9.17) is 40.1 Å². The van der Waals surface area contributed by atoms with Gasteiger partial charge in [0.1, 0.15) is 60.4 Å². The van der Waals surface area contributed by atoms with Crippen LogP contribution in [-0.2, 0) is 71.9 Å². The van der Waals surface area contributed by atoms with Gasteiger partial charge in [0.25, 0.3) is 0 Å². The highest BCUT2D eigenvalue weighted by Gasteiger charge is 2.38. The minimum Gasteiger partial charge on any atom is -0.481 e. The Morgan fingerprint density at radius 3 is 1.14 bits per heavy atom. The van der Waals surface area contributed by atoms with Crippen LogP contribution >= 0.6 is 0 Å². The molecule has 0 bridgehead atoms. The van der Waals surface area contributed by atoms with Crippen LogP contribution in [0.4, 0.5) is 0 Å². The molecule has 0 aromatic carbocycles. The molecule has 0 aliphatic carbocycles. The lowest BCUT2D eigenvalue weighted by molar-refractivity contribution is -0.142. The maximum atomic E-state index is 14.2. The minimum absolute atomic E-state index is 0.00157. The normalized spacial score (nSPS) is 14.5. The number of aliphatic imine (C=N–C) groups is 2. The molecule has 28 N–H and O–H groups in total. The molecular weight excluding hydrogens is 1300 g/mol. The van der Waals surface area contributed by atoms with Crippen molar-refractivity contribution in [3.8, 4) is 0 Å². The first kappa shape index (κ1) is 89.5. The van der Waals surface area contributed by atoms with E-state index in [0.29, 0.717) is 19.3 Å². The summed E-state index contributed by atoms with van der Waals surface area (Å²) in [5.74, 6) is -17.7. The van der Waals surface area contributed by atoms with Crippen LogP contribution in [-0.4, -0.2) is 210 Å². The van der Waals surface area contributed by atoms with Gasteiger partial charge in [0.2, 0.25) is 76.8 Å². The van der Waals surface area contributed by atoms with E-state index >= 15 is 0 Å². The number of hydrogen-bond donors (Lipinski definition) is 21. The summed E-state index contributed by atoms with van der Waals surface area (Å²) in [6, 6.07) is -16.0. The van der Waals surface area contributed by atoms with Crippen molar-refractivity contribution in [2.45, 2.75) is 220 Å². The Balaban J connectivity index is 6.65. The maximum absolute atomic E-state index is 14.2. The predicted molar refractivity (Wildman–Crippen MR) is 363 cm³/mol. The van der Waals surface area contributed by atoms with Gasteiger partial charge in [0.15, 0.2) is 11.9 Å². The van der Waals surface area contributed by atoms with Crippen molar-refractivity contribution < 1.29 is 82.1 Å². The molecule has 0 saturated heterocycles. The number of unbranched alkanes of at least 4 members (excludes halogenated alkanes) is 1. The maximum Gasteiger partial charge on any atom is 0.305 e. The average molecular weight is 1410 g/mol. The molecule has 0 aromatic rings. The smallest absolute Gasteiger partial charge is 0.305 e. The van der Waals surface area contributed by atoms with Crippen LogP contribution in [0.25, 0.3) is 0 Å². The molecule has 0 fully saturated rings. The van der Waals surface area contributed by atoms with E-state index in [2.05, 4.69) is 73.8 Å².